The Kier molecular flexibility index (Phi) is 7.70. The van der Waals surface area contributed by atoms with E-state index in [1.54, 1.807) is 4.90 Å². The molecule has 2 aliphatic heterocycles. The van der Waals surface area contributed by atoms with Crippen LogP contribution in [0.2, 0.25) is 0 Å². The summed E-state index contributed by atoms with van der Waals surface area (Å²) in [6.07, 6.45) is 1.81. The fourth-order valence-electron chi connectivity index (χ4n) is 4.82. The summed E-state index contributed by atoms with van der Waals surface area (Å²) in [7, 11) is 0. The van der Waals surface area contributed by atoms with E-state index >= 15 is 0 Å². The van der Waals surface area contributed by atoms with Gasteiger partial charge < -0.3 is 19.4 Å². The maximum atomic E-state index is 13.2. The second kappa shape index (κ2) is 10.9. The van der Waals surface area contributed by atoms with Crippen LogP contribution in [0.4, 0.5) is 4.79 Å². The minimum Gasteiger partial charge on any atom is -0.449 e. The molecule has 0 unspecified atom stereocenters. The van der Waals surface area contributed by atoms with Crippen LogP contribution in [-0.4, -0.2) is 78.5 Å². The Balaban J connectivity index is 1.30. The first-order valence-corrected chi connectivity index (χ1v) is 12.4. The molecule has 3 amide bonds. The molecule has 2 saturated heterocycles. The molecule has 2 aromatic carbocycles. The average Bonchev–Trinajstić information content (AvgIpc) is 3.12. The lowest BCUT2D eigenvalue weighted by molar-refractivity contribution is -0.136. The predicted molar refractivity (Wildman–Crippen MR) is 132 cm³/mol. The number of carbonyl (C=O) groups is 3. The Morgan fingerprint density at radius 1 is 0.853 bits per heavy atom. The van der Waals surface area contributed by atoms with Crippen LogP contribution in [0, 0.1) is 11.8 Å². The van der Waals surface area contributed by atoms with Crippen molar-refractivity contribution in [2.45, 2.75) is 33.1 Å². The Bertz CT molecular complexity index is 1020. The molecule has 2 aliphatic rings. The van der Waals surface area contributed by atoms with Gasteiger partial charge in [0.25, 0.3) is 5.91 Å². The standard InChI is InChI=1S/C27H35N3O4/c1-20(2)19-34-27(33)30-14-6-13-28(17-18-30)25(31)22-11-15-29(16-12-22)26(32)24-10-5-8-21-7-3-4-9-23(21)24/h3-5,7-10,20,22H,6,11-19H2,1-2H3. The summed E-state index contributed by atoms with van der Waals surface area (Å²) in [6, 6.07) is 13.8. The highest BCUT2D eigenvalue weighted by atomic mass is 16.6. The van der Waals surface area contributed by atoms with Crippen molar-refractivity contribution in [2.24, 2.45) is 11.8 Å². The van der Waals surface area contributed by atoms with Crippen LogP contribution in [-0.2, 0) is 9.53 Å². The molecule has 0 N–H and O–H groups in total. The third-order valence-electron chi connectivity index (χ3n) is 6.76. The summed E-state index contributed by atoms with van der Waals surface area (Å²) in [6.45, 7) is 7.90. The zero-order chi connectivity index (χ0) is 24.1. The molecule has 0 aliphatic carbocycles. The van der Waals surface area contributed by atoms with E-state index in [9.17, 15) is 14.4 Å². The zero-order valence-electron chi connectivity index (χ0n) is 20.2. The van der Waals surface area contributed by atoms with E-state index in [0.717, 1.165) is 22.8 Å². The number of nitrogens with zero attached hydrogens (tertiary/aromatic N) is 3. The van der Waals surface area contributed by atoms with Crippen LogP contribution in [0.3, 0.4) is 0 Å². The third kappa shape index (κ3) is 5.51. The van der Waals surface area contributed by atoms with Gasteiger partial charge in [-0.05, 0) is 42.0 Å². The third-order valence-corrected chi connectivity index (χ3v) is 6.76. The Labute approximate surface area is 201 Å². The number of carbonyl (C=O) groups excluding carboxylic acids is 3. The van der Waals surface area contributed by atoms with Crippen LogP contribution in [0.1, 0.15) is 43.5 Å². The number of hydrogen-bond acceptors (Lipinski definition) is 4. The summed E-state index contributed by atoms with van der Waals surface area (Å²) in [5, 5.41) is 2.02. The van der Waals surface area contributed by atoms with Gasteiger partial charge >= 0.3 is 6.09 Å². The molecule has 0 spiro atoms. The number of hydrogen-bond donors (Lipinski definition) is 0. The molecule has 7 nitrogen and oxygen atoms in total. The van der Waals surface area contributed by atoms with E-state index in [2.05, 4.69) is 0 Å². The first kappa shape index (κ1) is 24.0. The zero-order valence-corrected chi connectivity index (χ0v) is 20.2. The van der Waals surface area contributed by atoms with Gasteiger partial charge in [-0.25, -0.2) is 4.79 Å². The van der Waals surface area contributed by atoms with Gasteiger partial charge in [0, 0.05) is 50.7 Å². The van der Waals surface area contributed by atoms with E-state index in [0.29, 0.717) is 64.6 Å². The lowest BCUT2D eigenvalue weighted by Gasteiger charge is -2.34. The van der Waals surface area contributed by atoms with Crippen molar-refractivity contribution in [2.75, 3.05) is 45.9 Å². The maximum absolute atomic E-state index is 13.2. The molecule has 2 aromatic rings. The minimum absolute atomic E-state index is 0.0352. The minimum atomic E-state index is -0.289. The smallest absolute Gasteiger partial charge is 0.409 e. The van der Waals surface area contributed by atoms with Crippen molar-refractivity contribution in [3.8, 4) is 0 Å². The normalized spacial score (nSPS) is 17.7. The topological polar surface area (TPSA) is 70.2 Å². The van der Waals surface area contributed by atoms with Crippen molar-refractivity contribution in [3.63, 3.8) is 0 Å². The van der Waals surface area contributed by atoms with Crippen molar-refractivity contribution in [1.82, 2.24) is 14.7 Å². The van der Waals surface area contributed by atoms with Gasteiger partial charge in [-0.3, -0.25) is 9.59 Å². The summed E-state index contributed by atoms with van der Waals surface area (Å²) in [5.41, 5.74) is 0.722. The summed E-state index contributed by atoms with van der Waals surface area (Å²) < 4.78 is 5.35. The highest BCUT2D eigenvalue weighted by Crippen LogP contribution is 2.25. The summed E-state index contributed by atoms with van der Waals surface area (Å²) in [4.78, 5) is 44.2. The highest BCUT2D eigenvalue weighted by molar-refractivity contribution is 6.07. The first-order valence-electron chi connectivity index (χ1n) is 12.4. The number of likely N-dealkylation sites (tertiary alicyclic amines) is 1. The van der Waals surface area contributed by atoms with Crippen LogP contribution in [0.15, 0.2) is 42.5 Å². The lowest BCUT2D eigenvalue weighted by Crippen LogP contribution is -2.45. The number of fused-ring (bicyclic) bond motifs is 1. The molecule has 2 fully saturated rings. The van der Waals surface area contributed by atoms with Gasteiger partial charge in [0.2, 0.25) is 5.91 Å². The maximum Gasteiger partial charge on any atom is 0.409 e. The highest BCUT2D eigenvalue weighted by Gasteiger charge is 2.32. The van der Waals surface area contributed by atoms with Crippen LogP contribution >= 0.6 is 0 Å². The summed E-state index contributed by atoms with van der Waals surface area (Å²) in [5.74, 6) is 0.408. The number of rotatable bonds is 4. The molecular formula is C27H35N3O4. The van der Waals surface area contributed by atoms with E-state index in [1.807, 2.05) is 66.1 Å². The molecule has 0 aromatic heterocycles. The van der Waals surface area contributed by atoms with Gasteiger partial charge in [-0.15, -0.1) is 0 Å². The largest absolute Gasteiger partial charge is 0.449 e. The van der Waals surface area contributed by atoms with Gasteiger partial charge in [0.05, 0.1) is 6.61 Å². The Morgan fingerprint density at radius 2 is 1.53 bits per heavy atom. The monoisotopic (exact) mass is 465 g/mol. The van der Waals surface area contributed by atoms with E-state index < -0.39 is 0 Å². The van der Waals surface area contributed by atoms with Crippen molar-refractivity contribution in [3.05, 3.63) is 48.0 Å². The molecule has 0 radical (unpaired) electrons. The fraction of sp³-hybridized carbons (Fsp3) is 0.519. The van der Waals surface area contributed by atoms with Gasteiger partial charge in [-0.1, -0.05) is 50.2 Å². The van der Waals surface area contributed by atoms with E-state index in [-0.39, 0.29) is 23.8 Å². The number of benzene rings is 2. The molecule has 7 heteroatoms. The summed E-state index contributed by atoms with van der Waals surface area (Å²) >= 11 is 0. The van der Waals surface area contributed by atoms with E-state index in [1.165, 1.54) is 0 Å². The quantitative estimate of drug-likeness (QED) is 0.684. The fourth-order valence-corrected chi connectivity index (χ4v) is 4.82. The number of ether oxygens (including phenoxy) is 1. The van der Waals surface area contributed by atoms with Crippen molar-refractivity contribution >= 4 is 28.7 Å². The molecule has 0 bridgehead atoms. The average molecular weight is 466 g/mol. The van der Waals surface area contributed by atoms with Crippen molar-refractivity contribution in [1.29, 1.82) is 0 Å². The predicted octanol–water partition coefficient (Wildman–Crippen LogP) is 4.02. The van der Waals surface area contributed by atoms with Gasteiger partial charge in [0.1, 0.15) is 0 Å². The molecule has 34 heavy (non-hydrogen) atoms. The van der Waals surface area contributed by atoms with Crippen LogP contribution < -0.4 is 0 Å². The molecule has 4 rings (SSSR count). The van der Waals surface area contributed by atoms with E-state index in [4.69, 9.17) is 4.74 Å². The van der Waals surface area contributed by atoms with Crippen molar-refractivity contribution < 1.29 is 19.1 Å². The lowest BCUT2D eigenvalue weighted by atomic mass is 9.94. The molecule has 0 saturated carbocycles. The second-order valence-corrected chi connectivity index (χ2v) is 9.73. The van der Waals surface area contributed by atoms with Gasteiger partial charge in [0.15, 0.2) is 0 Å². The number of amides is 3. The second-order valence-electron chi connectivity index (χ2n) is 9.73. The van der Waals surface area contributed by atoms with Gasteiger partial charge in [-0.2, -0.15) is 0 Å². The Morgan fingerprint density at radius 3 is 2.29 bits per heavy atom. The molecule has 0 atom stereocenters. The first-order chi connectivity index (χ1) is 16.4. The Hall–Kier alpha value is -3.09. The van der Waals surface area contributed by atoms with Crippen LogP contribution in [0.5, 0.6) is 0 Å². The van der Waals surface area contributed by atoms with Crippen LogP contribution in [0.25, 0.3) is 10.8 Å². The SMILES string of the molecule is CC(C)COC(=O)N1CCCN(C(=O)C2CCN(C(=O)c3cccc4ccccc34)CC2)CC1. The molecule has 182 valence electrons. The molecular weight excluding hydrogens is 430 g/mol. The number of piperidine rings is 1. The molecule has 2 heterocycles.